The van der Waals surface area contributed by atoms with Crippen LogP contribution in [0.1, 0.15) is 44.8 Å². The van der Waals surface area contributed by atoms with Crippen LogP contribution in [0.3, 0.4) is 0 Å². The van der Waals surface area contributed by atoms with Crippen LogP contribution >= 0.6 is 0 Å². The second-order valence-corrected chi connectivity index (χ2v) is 10.1. The van der Waals surface area contributed by atoms with E-state index in [1.165, 1.54) is 24.3 Å². The van der Waals surface area contributed by atoms with Gasteiger partial charge in [-0.2, -0.15) is 0 Å². The van der Waals surface area contributed by atoms with Gasteiger partial charge < -0.3 is 20.8 Å². The SMILES string of the molecule is CC(C)C[C@H]1CCN[C@@H](C(=O)N[C@@H](CO)[C@@H](O)c2ccc(S(C)(=O)=O)cc2)C1. The van der Waals surface area contributed by atoms with Crippen molar-refractivity contribution < 1.29 is 23.4 Å². The number of carbonyl (C=O) groups is 1. The highest BCUT2D eigenvalue weighted by Crippen LogP contribution is 2.24. The van der Waals surface area contributed by atoms with Crippen LogP contribution < -0.4 is 10.6 Å². The average Bonchev–Trinajstić information content (AvgIpc) is 2.64. The van der Waals surface area contributed by atoms with Crippen LogP contribution in [-0.4, -0.2) is 56.0 Å². The molecule has 0 radical (unpaired) electrons. The van der Waals surface area contributed by atoms with Gasteiger partial charge in [-0.15, -0.1) is 0 Å². The first-order chi connectivity index (χ1) is 13.1. The quantitative estimate of drug-likeness (QED) is 0.507. The van der Waals surface area contributed by atoms with E-state index in [9.17, 15) is 23.4 Å². The molecule has 158 valence electrons. The van der Waals surface area contributed by atoms with Crippen molar-refractivity contribution >= 4 is 15.7 Å². The van der Waals surface area contributed by atoms with E-state index in [1.807, 2.05) is 0 Å². The number of hydrogen-bond acceptors (Lipinski definition) is 6. The lowest BCUT2D eigenvalue weighted by atomic mass is 9.85. The van der Waals surface area contributed by atoms with E-state index in [1.54, 1.807) is 0 Å². The lowest BCUT2D eigenvalue weighted by molar-refractivity contribution is -0.126. The molecule has 1 heterocycles. The van der Waals surface area contributed by atoms with Crippen LogP contribution in [0, 0.1) is 11.8 Å². The van der Waals surface area contributed by atoms with Crippen molar-refractivity contribution in [3.8, 4) is 0 Å². The number of aliphatic hydroxyl groups excluding tert-OH is 2. The van der Waals surface area contributed by atoms with Crippen molar-refractivity contribution in [3.63, 3.8) is 0 Å². The van der Waals surface area contributed by atoms with Gasteiger partial charge >= 0.3 is 0 Å². The predicted octanol–water partition coefficient (Wildman–Crippen LogP) is 1.01. The van der Waals surface area contributed by atoms with E-state index in [2.05, 4.69) is 24.5 Å². The van der Waals surface area contributed by atoms with Crippen molar-refractivity contribution in [2.24, 2.45) is 11.8 Å². The first-order valence-electron chi connectivity index (χ1n) is 9.74. The Balaban J connectivity index is 2.01. The Bertz CT molecular complexity index is 748. The second kappa shape index (κ2) is 9.82. The summed E-state index contributed by atoms with van der Waals surface area (Å²) in [5, 5.41) is 26.2. The molecule has 1 fully saturated rings. The van der Waals surface area contributed by atoms with E-state index in [-0.39, 0.29) is 16.8 Å². The summed E-state index contributed by atoms with van der Waals surface area (Å²) in [5.74, 6) is 0.825. The Labute approximate surface area is 167 Å². The number of aliphatic hydroxyl groups is 2. The van der Waals surface area contributed by atoms with Crippen LogP contribution in [0.25, 0.3) is 0 Å². The van der Waals surface area contributed by atoms with Gasteiger partial charge in [-0.05, 0) is 55.3 Å². The minimum Gasteiger partial charge on any atom is -0.394 e. The summed E-state index contributed by atoms with van der Waals surface area (Å²) in [4.78, 5) is 12.8. The Morgan fingerprint density at radius 2 is 1.93 bits per heavy atom. The molecule has 28 heavy (non-hydrogen) atoms. The summed E-state index contributed by atoms with van der Waals surface area (Å²) in [6, 6.07) is 4.59. The van der Waals surface area contributed by atoms with Crippen LogP contribution in [0.4, 0.5) is 0 Å². The first-order valence-corrected chi connectivity index (χ1v) is 11.6. The minimum atomic E-state index is -3.33. The minimum absolute atomic E-state index is 0.149. The van der Waals surface area contributed by atoms with Crippen LogP contribution in [0.15, 0.2) is 29.2 Å². The molecule has 0 bridgehead atoms. The molecule has 1 amide bonds. The van der Waals surface area contributed by atoms with Crippen molar-refractivity contribution in [3.05, 3.63) is 29.8 Å². The van der Waals surface area contributed by atoms with Crippen LogP contribution in [0.5, 0.6) is 0 Å². The van der Waals surface area contributed by atoms with Crippen molar-refractivity contribution in [1.82, 2.24) is 10.6 Å². The summed E-state index contributed by atoms with van der Waals surface area (Å²) in [6.07, 6.45) is 2.82. The van der Waals surface area contributed by atoms with Crippen LogP contribution in [-0.2, 0) is 14.6 Å². The zero-order valence-electron chi connectivity index (χ0n) is 16.8. The Hall–Kier alpha value is -1.48. The monoisotopic (exact) mass is 412 g/mol. The molecule has 0 spiro atoms. The molecular formula is C20H32N2O5S. The molecule has 0 saturated carbocycles. The van der Waals surface area contributed by atoms with E-state index in [0.717, 1.165) is 32.1 Å². The molecule has 4 N–H and O–H groups in total. The highest BCUT2D eigenvalue weighted by Gasteiger charge is 2.30. The highest BCUT2D eigenvalue weighted by molar-refractivity contribution is 7.90. The molecule has 8 heteroatoms. The Morgan fingerprint density at radius 3 is 2.46 bits per heavy atom. The number of hydrogen-bond donors (Lipinski definition) is 4. The van der Waals surface area contributed by atoms with Gasteiger partial charge in [-0.1, -0.05) is 26.0 Å². The molecule has 7 nitrogen and oxygen atoms in total. The van der Waals surface area contributed by atoms with Crippen molar-refractivity contribution in [2.75, 3.05) is 19.4 Å². The second-order valence-electron chi connectivity index (χ2n) is 8.11. The lowest BCUT2D eigenvalue weighted by Gasteiger charge is -2.32. The summed E-state index contributed by atoms with van der Waals surface area (Å²) >= 11 is 0. The van der Waals surface area contributed by atoms with Gasteiger partial charge in [0.05, 0.1) is 23.6 Å². The number of benzene rings is 1. The maximum Gasteiger partial charge on any atom is 0.237 e. The van der Waals surface area contributed by atoms with Gasteiger partial charge in [0.2, 0.25) is 5.91 Å². The third kappa shape index (κ3) is 6.27. The standard InChI is InChI=1S/C20H32N2O5S/c1-13(2)10-14-8-9-21-17(11-14)20(25)22-18(12-23)19(24)15-4-6-16(7-5-15)28(3,26)27/h4-7,13-14,17-19,21,23-24H,8-12H2,1-3H3,(H,22,25)/t14-,17-,18+,19+/m1/s1. The topological polar surface area (TPSA) is 116 Å². The summed E-state index contributed by atoms with van der Waals surface area (Å²) in [6.45, 7) is 4.69. The molecule has 1 aliphatic heterocycles. The molecule has 4 atom stereocenters. The van der Waals surface area contributed by atoms with Crippen molar-refractivity contribution in [2.45, 2.75) is 56.2 Å². The molecule has 1 saturated heterocycles. The molecule has 2 rings (SSSR count). The fourth-order valence-corrected chi connectivity index (χ4v) is 4.36. The molecular weight excluding hydrogens is 380 g/mol. The van der Waals surface area contributed by atoms with E-state index >= 15 is 0 Å². The molecule has 1 aromatic carbocycles. The zero-order valence-corrected chi connectivity index (χ0v) is 17.6. The lowest BCUT2D eigenvalue weighted by Crippen LogP contribution is -2.53. The fraction of sp³-hybridized carbons (Fsp3) is 0.650. The number of sulfone groups is 1. The van der Waals surface area contributed by atoms with Gasteiger partial charge in [0.15, 0.2) is 9.84 Å². The third-order valence-corrected chi connectivity index (χ3v) is 6.32. The summed E-state index contributed by atoms with van der Waals surface area (Å²) < 4.78 is 23.1. The molecule has 0 aromatic heterocycles. The molecule has 1 aliphatic rings. The number of amides is 1. The number of piperidine rings is 1. The van der Waals surface area contributed by atoms with Crippen molar-refractivity contribution in [1.29, 1.82) is 0 Å². The Morgan fingerprint density at radius 1 is 1.29 bits per heavy atom. The van der Waals surface area contributed by atoms with Gasteiger partial charge in [0.1, 0.15) is 6.10 Å². The summed E-state index contributed by atoms with van der Waals surface area (Å²) in [7, 11) is -3.33. The maximum absolute atomic E-state index is 12.6. The molecule has 0 unspecified atom stereocenters. The van der Waals surface area contributed by atoms with E-state index in [4.69, 9.17) is 0 Å². The number of nitrogens with one attached hydrogen (secondary N) is 2. The van der Waals surface area contributed by atoms with Gasteiger partial charge in [0, 0.05) is 6.26 Å². The molecule has 0 aliphatic carbocycles. The smallest absolute Gasteiger partial charge is 0.237 e. The largest absolute Gasteiger partial charge is 0.394 e. The van der Waals surface area contributed by atoms with Gasteiger partial charge in [-0.25, -0.2) is 8.42 Å². The normalized spacial score (nSPS) is 22.6. The van der Waals surface area contributed by atoms with Crippen LogP contribution in [0.2, 0.25) is 0 Å². The first kappa shape index (κ1) is 22.8. The molecule has 1 aromatic rings. The van der Waals surface area contributed by atoms with Gasteiger partial charge in [-0.3, -0.25) is 4.79 Å². The number of carbonyl (C=O) groups excluding carboxylic acids is 1. The Kier molecular flexibility index (Phi) is 8.00. The predicted molar refractivity (Wildman–Crippen MR) is 107 cm³/mol. The van der Waals surface area contributed by atoms with E-state index < -0.39 is 28.6 Å². The third-order valence-electron chi connectivity index (χ3n) is 5.19. The van der Waals surface area contributed by atoms with Gasteiger partial charge in [0.25, 0.3) is 0 Å². The average molecular weight is 413 g/mol. The number of rotatable bonds is 8. The zero-order chi connectivity index (χ0) is 20.9. The summed E-state index contributed by atoms with van der Waals surface area (Å²) in [5.41, 5.74) is 0.432. The highest BCUT2D eigenvalue weighted by atomic mass is 32.2. The maximum atomic E-state index is 12.6. The fourth-order valence-electron chi connectivity index (χ4n) is 3.73. The van der Waals surface area contributed by atoms with E-state index in [0.29, 0.717) is 17.4 Å².